The van der Waals surface area contributed by atoms with E-state index in [2.05, 4.69) is 27.3 Å². The SMILES string of the molecule is CN=C(NCC(C)c1c(C)noc1C)N1CCN(c2cc(F)ccc2F)CC1.I. The lowest BCUT2D eigenvalue weighted by Crippen LogP contribution is -2.53. The molecule has 0 radical (unpaired) electrons. The van der Waals surface area contributed by atoms with E-state index in [4.69, 9.17) is 4.52 Å². The van der Waals surface area contributed by atoms with Crippen LogP contribution in [0, 0.1) is 25.5 Å². The van der Waals surface area contributed by atoms with Gasteiger partial charge in [0, 0.05) is 57.3 Å². The van der Waals surface area contributed by atoms with Crippen LogP contribution in [0.25, 0.3) is 0 Å². The van der Waals surface area contributed by atoms with Crippen molar-refractivity contribution < 1.29 is 13.3 Å². The zero-order valence-electron chi connectivity index (χ0n) is 17.2. The summed E-state index contributed by atoms with van der Waals surface area (Å²) in [6.07, 6.45) is 0. The molecule has 1 aromatic carbocycles. The molecule has 1 unspecified atom stereocenters. The zero-order chi connectivity index (χ0) is 20.3. The number of nitrogens with zero attached hydrogens (tertiary/aromatic N) is 4. The monoisotopic (exact) mass is 519 g/mol. The number of nitrogens with one attached hydrogen (secondary N) is 1. The fourth-order valence-corrected chi connectivity index (χ4v) is 3.76. The highest BCUT2D eigenvalue weighted by atomic mass is 127. The van der Waals surface area contributed by atoms with Crippen LogP contribution in [0.15, 0.2) is 27.7 Å². The molecule has 1 aromatic heterocycles. The molecule has 1 saturated heterocycles. The molecule has 0 spiro atoms. The molecule has 1 aliphatic heterocycles. The summed E-state index contributed by atoms with van der Waals surface area (Å²) < 4.78 is 32.7. The topological polar surface area (TPSA) is 56.9 Å². The second kappa shape index (κ2) is 10.2. The summed E-state index contributed by atoms with van der Waals surface area (Å²) in [6, 6.07) is 3.57. The Bertz CT molecular complexity index is 830. The van der Waals surface area contributed by atoms with Gasteiger partial charge in [0.25, 0.3) is 0 Å². The van der Waals surface area contributed by atoms with E-state index < -0.39 is 11.6 Å². The highest BCUT2D eigenvalue weighted by Crippen LogP contribution is 2.23. The molecular weight excluding hydrogens is 491 g/mol. The van der Waals surface area contributed by atoms with Crippen LogP contribution in [0.4, 0.5) is 14.5 Å². The van der Waals surface area contributed by atoms with Gasteiger partial charge in [0.05, 0.1) is 11.4 Å². The van der Waals surface area contributed by atoms with Crippen molar-refractivity contribution in [2.45, 2.75) is 26.7 Å². The minimum absolute atomic E-state index is 0. The molecular formula is C20H28F2IN5O. The third-order valence-electron chi connectivity index (χ3n) is 5.19. The lowest BCUT2D eigenvalue weighted by molar-refractivity contribution is 0.369. The third kappa shape index (κ3) is 5.37. The largest absolute Gasteiger partial charge is 0.366 e. The van der Waals surface area contributed by atoms with Crippen molar-refractivity contribution in [3.63, 3.8) is 0 Å². The van der Waals surface area contributed by atoms with Gasteiger partial charge in [-0.15, -0.1) is 24.0 Å². The average molecular weight is 519 g/mol. The minimum Gasteiger partial charge on any atom is -0.366 e. The number of anilines is 1. The van der Waals surface area contributed by atoms with Gasteiger partial charge in [-0.1, -0.05) is 12.1 Å². The number of rotatable bonds is 4. The van der Waals surface area contributed by atoms with Gasteiger partial charge < -0.3 is 19.6 Å². The van der Waals surface area contributed by atoms with Gasteiger partial charge in [0.15, 0.2) is 5.96 Å². The van der Waals surface area contributed by atoms with E-state index >= 15 is 0 Å². The highest BCUT2D eigenvalue weighted by Gasteiger charge is 2.23. The van der Waals surface area contributed by atoms with Crippen LogP contribution in [-0.2, 0) is 0 Å². The highest BCUT2D eigenvalue weighted by molar-refractivity contribution is 14.0. The van der Waals surface area contributed by atoms with E-state index in [1.54, 1.807) is 7.05 Å². The zero-order valence-corrected chi connectivity index (χ0v) is 19.5. The molecule has 3 rings (SSSR count). The van der Waals surface area contributed by atoms with E-state index in [-0.39, 0.29) is 29.9 Å². The van der Waals surface area contributed by atoms with Crippen molar-refractivity contribution in [3.05, 3.63) is 46.9 Å². The Morgan fingerprint density at radius 2 is 1.93 bits per heavy atom. The van der Waals surface area contributed by atoms with E-state index in [9.17, 15) is 8.78 Å². The Hall–Kier alpha value is -1.91. The fourth-order valence-electron chi connectivity index (χ4n) is 3.76. The summed E-state index contributed by atoms with van der Waals surface area (Å²) in [6.45, 7) is 9.24. The molecule has 1 N–H and O–H groups in total. The lowest BCUT2D eigenvalue weighted by atomic mass is 10.00. The van der Waals surface area contributed by atoms with Gasteiger partial charge in [0.2, 0.25) is 0 Å². The molecule has 9 heteroatoms. The Labute approximate surface area is 187 Å². The van der Waals surface area contributed by atoms with Gasteiger partial charge in [-0.3, -0.25) is 4.99 Å². The maximum atomic E-state index is 14.0. The summed E-state index contributed by atoms with van der Waals surface area (Å²) in [4.78, 5) is 8.38. The number of aryl methyl sites for hydroxylation is 2. The maximum absolute atomic E-state index is 14.0. The Balaban J connectivity index is 0.00000300. The van der Waals surface area contributed by atoms with Crippen LogP contribution < -0.4 is 10.2 Å². The average Bonchev–Trinajstić information content (AvgIpc) is 3.03. The van der Waals surface area contributed by atoms with Crippen LogP contribution in [-0.4, -0.2) is 55.8 Å². The summed E-state index contributed by atoms with van der Waals surface area (Å²) in [5, 5.41) is 7.43. The first kappa shape index (κ1) is 23.4. The third-order valence-corrected chi connectivity index (χ3v) is 5.19. The summed E-state index contributed by atoms with van der Waals surface area (Å²) in [5.41, 5.74) is 2.34. The van der Waals surface area contributed by atoms with Crippen molar-refractivity contribution in [2.24, 2.45) is 4.99 Å². The Morgan fingerprint density at radius 1 is 1.24 bits per heavy atom. The first-order valence-electron chi connectivity index (χ1n) is 9.49. The first-order valence-corrected chi connectivity index (χ1v) is 9.49. The number of piperazine rings is 1. The van der Waals surface area contributed by atoms with E-state index in [0.717, 1.165) is 29.0 Å². The number of aromatic nitrogens is 1. The van der Waals surface area contributed by atoms with Gasteiger partial charge >= 0.3 is 0 Å². The predicted molar refractivity (Wildman–Crippen MR) is 121 cm³/mol. The second-order valence-corrected chi connectivity index (χ2v) is 7.14. The first-order chi connectivity index (χ1) is 13.4. The number of hydrogen-bond acceptors (Lipinski definition) is 4. The lowest BCUT2D eigenvalue weighted by Gasteiger charge is -2.38. The molecule has 2 heterocycles. The quantitative estimate of drug-likeness (QED) is 0.380. The van der Waals surface area contributed by atoms with Crippen LogP contribution in [0.1, 0.15) is 29.9 Å². The van der Waals surface area contributed by atoms with Crippen molar-refractivity contribution in [1.82, 2.24) is 15.4 Å². The van der Waals surface area contributed by atoms with E-state index in [1.165, 1.54) is 12.1 Å². The fraction of sp³-hybridized carbons (Fsp3) is 0.500. The van der Waals surface area contributed by atoms with Crippen molar-refractivity contribution in [2.75, 3.05) is 44.7 Å². The molecule has 160 valence electrons. The van der Waals surface area contributed by atoms with Gasteiger partial charge in [-0.05, 0) is 26.0 Å². The van der Waals surface area contributed by atoms with E-state index in [1.807, 2.05) is 18.7 Å². The number of guanidine groups is 1. The summed E-state index contributed by atoms with van der Waals surface area (Å²) >= 11 is 0. The minimum atomic E-state index is -0.426. The van der Waals surface area contributed by atoms with Crippen molar-refractivity contribution in [1.29, 1.82) is 0 Å². The van der Waals surface area contributed by atoms with Gasteiger partial charge in [-0.25, -0.2) is 8.78 Å². The van der Waals surface area contributed by atoms with Gasteiger partial charge in [0.1, 0.15) is 17.4 Å². The molecule has 2 aromatic rings. The van der Waals surface area contributed by atoms with Crippen LogP contribution in [0.3, 0.4) is 0 Å². The molecule has 6 nitrogen and oxygen atoms in total. The number of benzene rings is 1. The van der Waals surface area contributed by atoms with Crippen LogP contribution >= 0.6 is 24.0 Å². The molecule has 1 fully saturated rings. The normalized spacial score (nSPS) is 15.9. The number of halogens is 3. The smallest absolute Gasteiger partial charge is 0.193 e. The van der Waals surface area contributed by atoms with Crippen LogP contribution in [0.5, 0.6) is 0 Å². The molecule has 0 amide bonds. The number of hydrogen-bond donors (Lipinski definition) is 1. The number of aliphatic imine (C=N–C) groups is 1. The summed E-state index contributed by atoms with van der Waals surface area (Å²) in [7, 11) is 1.75. The summed E-state index contributed by atoms with van der Waals surface area (Å²) in [5.74, 6) is 1.05. The molecule has 0 bridgehead atoms. The van der Waals surface area contributed by atoms with Gasteiger partial charge in [-0.2, -0.15) is 0 Å². The molecule has 0 saturated carbocycles. The Morgan fingerprint density at radius 3 is 2.52 bits per heavy atom. The molecule has 29 heavy (non-hydrogen) atoms. The van der Waals surface area contributed by atoms with Crippen LogP contribution in [0.2, 0.25) is 0 Å². The molecule has 1 atom stereocenters. The Kier molecular flexibility index (Phi) is 8.23. The molecule has 1 aliphatic rings. The molecule has 0 aliphatic carbocycles. The second-order valence-electron chi connectivity index (χ2n) is 7.14. The van der Waals surface area contributed by atoms with Crippen molar-refractivity contribution >= 4 is 35.6 Å². The maximum Gasteiger partial charge on any atom is 0.193 e. The predicted octanol–water partition coefficient (Wildman–Crippen LogP) is 3.69. The standard InChI is InChI=1S/C20H27F2N5O.HI/c1-13(19-14(2)25-28-15(19)3)12-24-20(23-4)27-9-7-26(8-10-27)18-11-16(21)5-6-17(18)22;/h5-6,11,13H,7-10,12H2,1-4H3,(H,23,24);1H. The van der Waals surface area contributed by atoms with E-state index in [0.29, 0.717) is 38.4 Å². The van der Waals surface area contributed by atoms with Crippen molar-refractivity contribution in [3.8, 4) is 0 Å².